The first kappa shape index (κ1) is 15.7. The molecule has 1 atom stereocenters. The fraction of sp³-hybridized carbons (Fsp3) is 0.562. The third-order valence-electron chi connectivity index (χ3n) is 3.82. The molecule has 106 valence electrons. The Kier molecular flexibility index (Phi) is 5.12. The first-order valence-corrected chi connectivity index (χ1v) is 6.84. The number of nitrogens with two attached hydrogens (primary N) is 1. The van der Waals surface area contributed by atoms with Crippen molar-refractivity contribution in [3.63, 3.8) is 0 Å². The van der Waals surface area contributed by atoms with Crippen LogP contribution in [0.3, 0.4) is 0 Å². The van der Waals surface area contributed by atoms with Crippen LogP contribution >= 0.6 is 0 Å². The zero-order valence-corrected chi connectivity index (χ0v) is 12.7. The van der Waals surface area contributed by atoms with E-state index in [9.17, 15) is 4.79 Å². The molecule has 1 unspecified atom stereocenters. The molecule has 3 heteroatoms. The summed E-state index contributed by atoms with van der Waals surface area (Å²) in [7, 11) is 1.87. The Hall–Kier alpha value is -1.35. The second-order valence-corrected chi connectivity index (χ2v) is 6.15. The van der Waals surface area contributed by atoms with Gasteiger partial charge in [-0.25, -0.2) is 0 Å². The molecule has 1 rings (SSSR count). The van der Waals surface area contributed by atoms with Crippen molar-refractivity contribution in [1.82, 2.24) is 4.90 Å². The maximum Gasteiger partial charge on any atom is 0.254 e. The number of carbonyl (C=O) groups excluding carboxylic acids is 1. The Labute approximate surface area is 116 Å². The molecule has 0 aliphatic carbocycles. The molecule has 0 bridgehead atoms. The van der Waals surface area contributed by atoms with Gasteiger partial charge >= 0.3 is 0 Å². The lowest BCUT2D eigenvalue weighted by Gasteiger charge is -2.35. The van der Waals surface area contributed by atoms with E-state index >= 15 is 0 Å². The van der Waals surface area contributed by atoms with Gasteiger partial charge in [0.25, 0.3) is 5.91 Å². The molecule has 0 aliphatic rings. The number of hydrogen-bond acceptors (Lipinski definition) is 2. The van der Waals surface area contributed by atoms with Crippen LogP contribution in [-0.4, -0.2) is 30.4 Å². The lowest BCUT2D eigenvalue weighted by molar-refractivity contribution is 0.0628. The second kappa shape index (κ2) is 6.20. The minimum atomic E-state index is 0.0627. The molecule has 0 aliphatic heterocycles. The van der Waals surface area contributed by atoms with Gasteiger partial charge in [-0.3, -0.25) is 4.79 Å². The number of benzene rings is 1. The van der Waals surface area contributed by atoms with Crippen LogP contribution in [0.1, 0.15) is 43.6 Å². The predicted molar refractivity (Wildman–Crippen MR) is 80.2 cm³/mol. The molecule has 1 aromatic carbocycles. The molecule has 0 radical (unpaired) electrons. The highest BCUT2D eigenvalue weighted by Gasteiger charge is 2.28. The van der Waals surface area contributed by atoms with Crippen LogP contribution in [0.2, 0.25) is 0 Å². The van der Waals surface area contributed by atoms with Crippen molar-refractivity contribution in [3.05, 3.63) is 35.4 Å². The van der Waals surface area contributed by atoms with E-state index in [4.69, 9.17) is 5.73 Å². The van der Waals surface area contributed by atoms with E-state index in [1.165, 1.54) is 0 Å². The largest absolute Gasteiger partial charge is 0.338 e. The van der Waals surface area contributed by atoms with Gasteiger partial charge in [0.05, 0.1) is 0 Å². The van der Waals surface area contributed by atoms with Crippen LogP contribution < -0.4 is 5.73 Å². The van der Waals surface area contributed by atoms with Gasteiger partial charge in [-0.2, -0.15) is 0 Å². The minimum Gasteiger partial charge on any atom is -0.338 e. The van der Waals surface area contributed by atoms with Gasteiger partial charge in [0.1, 0.15) is 0 Å². The average Bonchev–Trinajstić information content (AvgIpc) is 2.36. The van der Waals surface area contributed by atoms with Crippen LogP contribution in [0, 0.1) is 5.41 Å². The molecule has 19 heavy (non-hydrogen) atoms. The first-order valence-electron chi connectivity index (χ1n) is 6.84. The summed E-state index contributed by atoms with van der Waals surface area (Å²) in [6, 6.07) is 7.90. The second-order valence-electron chi connectivity index (χ2n) is 6.15. The minimum absolute atomic E-state index is 0.0627. The summed E-state index contributed by atoms with van der Waals surface area (Å²) in [6.45, 7) is 9.08. The van der Waals surface area contributed by atoms with Gasteiger partial charge < -0.3 is 10.6 Å². The van der Waals surface area contributed by atoms with Crippen LogP contribution in [0.5, 0.6) is 0 Å². The topological polar surface area (TPSA) is 46.3 Å². The fourth-order valence-electron chi connectivity index (χ4n) is 2.05. The molecule has 2 N–H and O–H groups in total. The van der Waals surface area contributed by atoms with Gasteiger partial charge in [0.2, 0.25) is 0 Å². The van der Waals surface area contributed by atoms with E-state index in [2.05, 4.69) is 27.7 Å². The number of nitrogens with zero attached hydrogens (tertiary/aromatic N) is 1. The third-order valence-corrected chi connectivity index (χ3v) is 3.82. The standard InChI is InChI=1S/C16H26N2O/c1-12(16(2,3)4)18(5)15(19)14-9-7-6-8-13(14)10-11-17/h6-9,12H,10-11,17H2,1-5H3. The highest BCUT2D eigenvalue weighted by atomic mass is 16.2. The van der Waals surface area contributed by atoms with Crippen LogP contribution in [0.4, 0.5) is 0 Å². The van der Waals surface area contributed by atoms with Gasteiger partial charge in [0.15, 0.2) is 0 Å². The molecule has 1 amide bonds. The molecular formula is C16H26N2O. The van der Waals surface area contributed by atoms with E-state index in [-0.39, 0.29) is 17.4 Å². The average molecular weight is 262 g/mol. The SMILES string of the molecule is CC(N(C)C(=O)c1ccccc1CCN)C(C)(C)C. The summed E-state index contributed by atoms with van der Waals surface area (Å²) in [5.74, 6) is 0.0754. The highest BCUT2D eigenvalue weighted by Crippen LogP contribution is 2.24. The van der Waals surface area contributed by atoms with Gasteiger partial charge in [-0.15, -0.1) is 0 Å². The van der Waals surface area contributed by atoms with Gasteiger partial charge in [0, 0.05) is 18.7 Å². The Morgan fingerprint density at radius 3 is 2.42 bits per heavy atom. The van der Waals surface area contributed by atoms with E-state index in [1.54, 1.807) is 0 Å². The summed E-state index contributed by atoms with van der Waals surface area (Å²) in [4.78, 5) is 14.4. The number of amides is 1. The summed E-state index contributed by atoms with van der Waals surface area (Å²) >= 11 is 0. The molecule has 0 saturated carbocycles. The molecule has 0 heterocycles. The lowest BCUT2D eigenvalue weighted by Crippen LogP contribution is -2.43. The molecule has 1 aromatic rings. The fourth-order valence-corrected chi connectivity index (χ4v) is 2.05. The van der Waals surface area contributed by atoms with Crippen molar-refractivity contribution >= 4 is 5.91 Å². The first-order chi connectivity index (χ1) is 8.79. The predicted octanol–water partition coefficient (Wildman–Crippen LogP) is 2.69. The van der Waals surface area contributed by atoms with Crippen molar-refractivity contribution in [2.24, 2.45) is 11.1 Å². The van der Waals surface area contributed by atoms with Crippen LogP contribution in [-0.2, 0) is 6.42 Å². The van der Waals surface area contributed by atoms with E-state index < -0.39 is 0 Å². The van der Waals surface area contributed by atoms with Crippen molar-refractivity contribution in [3.8, 4) is 0 Å². The smallest absolute Gasteiger partial charge is 0.254 e. The van der Waals surface area contributed by atoms with Gasteiger partial charge in [-0.1, -0.05) is 39.0 Å². The molecule has 0 saturated heterocycles. The van der Waals surface area contributed by atoms with E-state index in [0.717, 1.165) is 17.5 Å². The maximum atomic E-state index is 12.6. The molecule has 0 spiro atoms. The lowest BCUT2D eigenvalue weighted by atomic mass is 9.86. The normalized spacial score (nSPS) is 13.2. The van der Waals surface area contributed by atoms with Crippen LogP contribution in [0.15, 0.2) is 24.3 Å². The Balaban J connectivity index is 3.00. The maximum absolute atomic E-state index is 12.6. The van der Waals surface area contributed by atoms with E-state index in [1.807, 2.05) is 36.2 Å². The summed E-state index contributed by atoms with van der Waals surface area (Å²) in [5, 5.41) is 0. The zero-order chi connectivity index (χ0) is 14.6. The molecule has 0 fully saturated rings. The van der Waals surface area contributed by atoms with Crippen LogP contribution in [0.25, 0.3) is 0 Å². The Morgan fingerprint density at radius 1 is 1.32 bits per heavy atom. The zero-order valence-electron chi connectivity index (χ0n) is 12.7. The highest BCUT2D eigenvalue weighted by molar-refractivity contribution is 5.95. The number of carbonyl (C=O) groups is 1. The quantitative estimate of drug-likeness (QED) is 0.907. The van der Waals surface area contributed by atoms with Crippen molar-refractivity contribution < 1.29 is 4.79 Å². The van der Waals surface area contributed by atoms with E-state index in [0.29, 0.717) is 6.54 Å². The summed E-state index contributed by atoms with van der Waals surface area (Å²) in [6.07, 6.45) is 0.736. The Morgan fingerprint density at radius 2 is 1.89 bits per heavy atom. The third kappa shape index (κ3) is 3.80. The summed E-state index contributed by atoms with van der Waals surface area (Å²) < 4.78 is 0. The van der Waals surface area contributed by atoms with Crippen molar-refractivity contribution in [2.75, 3.05) is 13.6 Å². The molecule has 0 aromatic heterocycles. The molecule has 3 nitrogen and oxygen atoms in total. The number of hydrogen-bond donors (Lipinski definition) is 1. The van der Waals surface area contributed by atoms with Crippen molar-refractivity contribution in [2.45, 2.75) is 40.2 Å². The van der Waals surface area contributed by atoms with Gasteiger partial charge in [-0.05, 0) is 36.9 Å². The molecular weight excluding hydrogens is 236 g/mol. The van der Waals surface area contributed by atoms with Crippen molar-refractivity contribution in [1.29, 1.82) is 0 Å². The monoisotopic (exact) mass is 262 g/mol. The number of rotatable bonds is 4. The Bertz CT molecular complexity index is 435. The summed E-state index contributed by atoms with van der Waals surface area (Å²) in [5.41, 5.74) is 7.47.